The maximum Gasteiger partial charge on any atom is 0.315 e. The summed E-state index contributed by atoms with van der Waals surface area (Å²) in [5.41, 5.74) is 1.94. The molecule has 2 amide bonds. The van der Waals surface area contributed by atoms with E-state index in [-0.39, 0.29) is 11.6 Å². The highest BCUT2D eigenvalue weighted by Gasteiger charge is 2.10. The number of nitrogens with one attached hydrogen (secondary N) is 2. The smallest absolute Gasteiger partial charge is 0.315 e. The van der Waals surface area contributed by atoms with Gasteiger partial charge >= 0.3 is 6.03 Å². The predicted molar refractivity (Wildman–Crippen MR) is 95.8 cm³/mol. The number of amides is 2. The first-order valence-electron chi connectivity index (χ1n) is 8.47. The van der Waals surface area contributed by atoms with Gasteiger partial charge in [-0.2, -0.15) is 0 Å². The van der Waals surface area contributed by atoms with Crippen molar-refractivity contribution < 1.29 is 9.53 Å². The molecule has 0 radical (unpaired) electrons. The summed E-state index contributed by atoms with van der Waals surface area (Å²) in [5.74, 6) is 0.735. The normalized spacial score (nSPS) is 11.4. The van der Waals surface area contributed by atoms with Crippen LogP contribution >= 0.6 is 0 Å². The zero-order chi connectivity index (χ0) is 18.3. The Morgan fingerprint density at radius 1 is 1.20 bits per heavy atom. The van der Waals surface area contributed by atoms with Crippen LogP contribution in [0, 0.1) is 0 Å². The minimum atomic E-state index is -0.234. The highest BCUT2D eigenvalue weighted by atomic mass is 16.5. The molecule has 1 aromatic heterocycles. The van der Waals surface area contributed by atoms with Crippen LogP contribution in [0.1, 0.15) is 44.6 Å². The minimum Gasteiger partial charge on any atom is -0.371 e. The molecular weight excluding hydrogens is 318 g/mol. The SMILES string of the molecule is CCn1cnnc1CNC(=O)NCc1cccc(COC(C)(C)C)c1. The quantitative estimate of drug-likeness (QED) is 0.808. The van der Waals surface area contributed by atoms with Gasteiger partial charge in [-0.05, 0) is 38.8 Å². The number of rotatable bonds is 7. The van der Waals surface area contributed by atoms with E-state index in [1.807, 2.05) is 56.5 Å². The molecule has 0 unspecified atom stereocenters. The van der Waals surface area contributed by atoms with Crippen molar-refractivity contribution in [3.63, 3.8) is 0 Å². The molecule has 2 aromatic rings. The zero-order valence-corrected chi connectivity index (χ0v) is 15.4. The number of nitrogens with zero attached hydrogens (tertiary/aromatic N) is 3. The van der Waals surface area contributed by atoms with E-state index < -0.39 is 0 Å². The van der Waals surface area contributed by atoms with E-state index in [2.05, 4.69) is 20.8 Å². The molecule has 0 saturated carbocycles. The van der Waals surface area contributed by atoms with Crippen molar-refractivity contribution in [2.45, 2.75) is 59.5 Å². The van der Waals surface area contributed by atoms with E-state index in [0.717, 1.165) is 23.5 Å². The van der Waals surface area contributed by atoms with E-state index in [1.165, 1.54) is 0 Å². The summed E-state index contributed by atoms with van der Waals surface area (Å²) < 4.78 is 7.67. The molecule has 1 heterocycles. The second-order valence-electron chi connectivity index (χ2n) is 6.79. The molecule has 136 valence electrons. The Kier molecular flexibility index (Phi) is 6.52. The van der Waals surface area contributed by atoms with Gasteiger partial charge in [-0.1, -0.05) is 24.3 Å². The van der Waals surface area contributed by atoms with Crippen LogP contribution in [-0.2, 0) is 31.0 Å². The highest BCUT2D eigenvalue weighted by molar-refractivity contribution is 5.73. The van der Waals surface area contributed by atoms with E-state index in [1.54, 1.807) is 6.33 Å². The van der Waals surface area contributed by atoms with Crippen molar-refractivity contribution in [3.05, 3.63) is 47.5 Å². The van der Waals surface area contributed by atoms with E-state index in [0.29, 0.717) is 19.7 Å². The molecule has 7 nitrogen and oxygen atoms in total. The maximum absolute atomic E-state index is 11.9. The molecule has 2 N–H and O–H groups in total. The molecule has 0 fully saturated rings. The second-order valence-corrected chi connectivity index (χ2v) is 6.79. The lowest BCUT2D eigenvalue weighted by atomic mass is 10.1. The van der Waals surface area contributed by atoms with Crippen molar-refractivity contribution in [1.29, 1.82) is 0 Å². The summed E-state index contributed by atoms with van der Waals surface area (Å²) in [6.45, 7) is 10.2. The molecule has 0 aliphatic heterocycles. The minimum absolute atomic E-state index is 0.173. The first kappa shape index (κ1) is 18.9. The highest BCUT2D eigenvalue weighted by Crippen LogP contribution is 2.13. The molecule has 0 atom stereocenters. The van der Waals surface area contributed by atoms with E-state index >= 15 is 0 Å². The third-order valence-electron chi connectivity index (χ3n) is 3.56. The summed E-state index contributed by atoms with van der Waals surface area (Å²) in [7, 11) is 0. The molecular formula is C18H27N5O2. The van der Waals surface area contributed by atoms with Gasteiger partial charge in [0.05, 0.1) is 18.8 Å². The molecule has 0 aliphatic rings. The summed E-state index contributed by atoms with van der Waals surface area (Å²) in [4.78, 5) is 11.9. The molecule has 0 bridgehead atoms. The Morgan fingerprint density at radius 2 is 1.92 bits per heavy atom. The molecule has 7 heteroatoms. The van der Waals surface area contributed by atoms with E-state index in [4.69, 9.17) is 4.74 Å². The Bertz CT molecular complexity index is 691. The van der Waals surface area contributed by atoms with Gasteiger partial charge in [-0.25, -0.2) is 4.79 Å². The fourth-order valence-electron chi connectivity index (χ4n) is 2.21. The Morgan fingerprint density at radius 3 is 2.64 bits per heavy atom. The zero-order valence-electron chi connectivity index (χ0n) is 15.4. The summed E-state index contributed by atoms with van der Waals surface area (Å²) >= 11 is 0. The van der Waals surface area contributed by atoms with Crippen molar-refractivity contribution >= 4 is 6.03 Å². The number of hydrogen-bond donors (Lipinski definition) is 2. The molecule has 1 aromatic carbocycles. The number of aryl methyl sites for hydroxylation is 1. The molecule has 0 aliphatic carbocycles. The van der Waals surface area contributed by atoms with Crippen LogP contribution in [0.3, 0.4) is 0 Å². The number of carbonyl (C=O) groups excluding carboxylic acids is 1. The standard InChI is InChI=1S/C18H27N5O2/c1-5-23-13-21-22-16(23)11-20-17(24)19-10-14-7-6-8-15(9-14)12-25-18(2,3)4/h6-9,13H,5,10-12H2,1-4H3,(H2,19,20,24). The maximum atomic E-state index is 11.9. The first-order chi connectivity index (χ1) is 11.9. The molecule has 0 saturated heterocycles. The Hall–Kier alpha value is -2.41. The van der Waals surface area contributed by atoms with Crippen LogP contribution in [0.15, 0.2) is 30.6 Å². The number of aromatic nitrogens is 3. The van der Waals surface area contributed by atoms with Crippen molar-refractivity contribution in [2.75, 3.05) is 0 Å². The summed E-state index contributed by atoms with van der Waals surface area (Å²) in [5, 5.41) is 13.5. The van der Waals surface area contributed by atoms with Crippen molar-refractivity contribution in [2.24, 2.45) is 0 Å². The lowest BCUT2D eigenvalue weighted by molar-refractivity contribution is -0.0149. The third-order valence-corrected chi connectivity index (χ3v) is 3.56. The fourth-order valence-corrected chi connectivity index (χ4v) is 2.21. The Balaban J connectivity index is 1.79. The second kappa shape index (κ2) is 8.62. The lowest BCUT2D eigenvalue weighted by Crippen LogP contribution is -2.35. The summed E-state index contributed by atoms with van der Waals surface area (Å²) in [6, 6.07) is 7.78. The monoisotopic (exact) mass is 345 g/mol. The van der Waals surface area contributed by atoms with Crippen molar-refractivity contribution in [3.8, 4) is 0 Å². The van der Waals surface area contributed by atoms with Gasteiger partial charge < -0.3 is 19.9 Å². The number of carbonyl (C=O) groups is 1. The largest absolute Gasteiger partial charge is 0.371 e. The number of ether oxygens (including phenoxy) is 1. The van der Waals surface area contributed by atoms with Crippen LogP contribution < -0.4 is 10.6 Å². The van der Waals surface area contributed by atoms with Crippen LogP contribution in [0.25, 0.3) is 0 Å². The van der Waals surface area contributed by atoms with Gasteiger partial charge in [0.2, 0.25) is 0 Å². The van der Waals surface area contributed by atoms with Gasteiger partial charge in [-0.15, -0.1) is 10.2 Å². The number of benzene rings is 1. The van der Waals surface area contributed by atoms with Crippen molar-refractivity contribution in [1.82, 2.24) is 25.4 Å². The predicted octanol–water partition coefficient (Wildman–Crippen LogP) is 2.61. The summed E-state index contributed by atoms with van der Waals surface area (Å²) in [6.07, 6.45) is 1.65. The van der Waals surface area contributed by atoms with Crippen LogP contribution in [0.4, 0.5) is 4.79 Å². The fraction of sp³-hybridized carbons (Fsp3) is 0.500. The average molecular weight is 345 g/mol. The number of hydrogen-bond acceptors (Lipinski definition) is 4. The van der Waals surface area contributed by atoms with Gasteiger partial charge in [0, 0.05) is 13.1 Å². The Labute approximate surface area is 148 Å². The lowest BCUT2D eigenvalue weighted by Gasteiger charge is -2.19. The van der Waals surface area contributed by atoms with Crippen LogP contribution in [0.5, 0.6) is 0 Å². The molecule has 2 rings (SSSR count). The number of urea groups is 1. The van der Waals surface area contributed by atoms with Gasteiger partial charge in [-0.3, -0.25) is 0 Å². The molecule has 0 spiro atoms. The third kappa shape index (κ3) is 6.54. The topological polar surface area (TPSA) is 81.1 Å². The van der Waals surface area contributed by atoms with Gasteiger partial charge in [0.1, 0.15) is 6.33 Å². The first-order valence-corrected chi connectivity index (χ1v) is 8.47. The van der Waals surface area contributed by atoms with Gasteiger partial charge in [0.15, 0.2) is 5.82 Å². The molecule has 25 heavy (non-hydrogen) atoms. The van der Waals surface area contributed by atoms with Crippen LogP contribution in [-0.4, -0.2) is 26.4 Å². The van der Waals surface area contributed by atoms with Crippen LogP contribution in [0.2, 0.25) is 0 Å². The van der Waals surface area contributed by atoms with Gasteiger partial charge in [0.25, 0.3) is 0 Å². The van der Waals surface area contributed by atoms with E-state index in [9.17, 15) is 4.79 Å². The average Bonchev–Trinajstić information content (AvgIpc) is 3.03.